The highest BCUT2D eigenvalue weighted by Crippen LogP contribution is 2.16. The van der Waals surface area contributed by atoms with Crippen LogP contribution in [0.25, 0.3) is 10.8 Å². The van der Waals surface area contributed by atoms with Gasteiger partial charge in [0.1, 0.15) is 0 Å². The second kappa shape index (κ2) is 7.30. The van der Waals surface area contributed by atoms with Crippen LogP contribution in [-0.4, -0.2) is 17.8 Å². The Kier molecular flexibility index (Phi) is 5.42. The van der Waals surface area contributed by atoms with E-state index in [-0.39, 0.29) is 11.9 Å². The van der Waals surface area contributed by atoms with Crippen LogP contribution in [0.3, 0.4) is 0 Å². The SMILES string of the molecule is CC(CCCCl)NC(=O)Cc1ccc2ccccc2c1. The number of carbonyl (C=O) groups is 1. The molecular weight excluding hydrogens is 270 g/mol. The van der Waals surface area contributed by atoms with Gasteiger partial charge in [-0.2, -0.15) is 0 Å². The topological polar surface area (TPSA) is 29.1 Å². The lowest BCUT2D eigenvalue weighted by atomic mass is 10.0. The number of hydrogen-bond donors (Lipinski definition) is 1. The van der Waals surface area contributed by atoms with Crippen molar-refractivity contribution in [1.82, 2.24) is 5.32 Å². The quantitative estimate of drug-likeness (QED) is 0.803. The van der Waals surface area contributed by atoms with Gasteiger partial charge in [-0.25, -0.2) is 0 Å². The summed E-state index contributed by atoms with van der Waals surface area (Å²) in [5.74, 6) is 0.715. The van der Waals surface area contributed by atoms with Crippen LogP contribution in [0, 0.1) is 0 Å². The van der Waals surface area contributed by atoms with Crippen LogP contribution in [0.5, 0.6) is 0 Å². The smallest absolute Gasteiger partial charge is 0.224 e. The highest BCUT2D eigenvalue weighted by atomic mass is 35.5. The number of alkyl halides is 1. The van der Waals surface area contributed by atoms with Gasteiger partial charge >= 0.3 is 0 Å². The predicted octanol–water partition coefficient (Wildman–Crippen LogP) is 3.91. The lowest BCUT2D eigenvalue weighted by molar-refractivity contribution is -0.121. The van der Waals surface area contributed by atoms with Crippen LogP contribution in [0.4, 0.5) is 0 Å². The summed E-state index contributed by atoms with van der Waals surface area (Å²) in [5.41, 5.74) is 1.05. The summed E-state index contributed by atoms with van der Waals surface area (Å²) in [7, 11) is 0. The maximum atomic E-state index is 12.0. The zero-order valence-corrected chi connectivity index (χ0v) is 12.5. The molecule has 1 atom stereocenters. The third kappa shape index (κ3) is 4.24. The van der Waals surface area contributed by atoms with Crippen LogP contribution >= 0.6 is 11.6 Å². The average molecular weight is 290 g/mol. The summed E-state index contributed by atoms with van der Waals surface area (Å²) in [6.45, 7) is 2.02. The molecular formula is C17H20ClNO. The molecule has 0 saturated heterocycles. The molecule has 0 saturated carbocycles. The zero-order chi connectivity index (χ0) is 14.4. The van der Waals surface area contributed by atoms with Gasteiger partial charge in [-0.05, 0) is 36.1 Å². The van der Waals surface area contributed by atoms with Crippen LogP contribution < -0.4 is 5.32 Å². The monoisotopic (exact) mass is 289 g/mol. The van der Waals surface area contributed by atoms with Gasteiger partial charge in [-0.3, -0.25) is 4.79 Å². The van der Waals surface area contributed by atoms with Crippen molar-refractivity contribution < 1.29 is 4.79 Å². The minimum atomic E-state index is 0.0716. The van der Waals surface area contributed by atoms with E-state index in [2.05, 4.69) is 29.6 Å². The predicted molar refractivity (Wildman–Crippen MR) is 85.2 cm³/mol. The number of nitrogens with one attached hydrogen (secondary N) is 1. The van der Waals surface area contributed by atoms with E-state index in [0.29, 0.717) is 12.3 Å². The van der Waals surface area contributed by atoms with Gasteiger partial charge in [0, 0.05) is 11.9 Å². The number of halogens is 1. The summed E-state index contributed by atoms with van der Waals surface area (Å²) in [6.07, 6.45) is 2.28. The van der Waals surface area contributed by atoms with E-state index in [9.17, 15) is 4.79 Å². The first-order chi connectivity index (χ1) is 9.69. The van der Waals surface area contributed by atoms with Crippen molar-refractivity contribution in [3.63, 3.8) is 0 Å². The van der Waals surface area contributed by atoms with Gasteiger partial charge in [0.05, 0.1) is 6.42 Å². The standard InChI is InChI=1S/C17H20ClNO/c1-13(5-4-10-18)19-17(20)12-14-8-9-15-6-2-3-7-16(15)11-14/h2-3,6-9,11,13H,4-5,10,12H2,1H3,(H,19,20). The molecule has 1 N–H and O–H groups in total. The molecule has 2 aromatic rings. The van der Waals surface area contributed by atoms with Crippen molar-refractivity contribution >= 4 is 28.3 Å². The highest BCUT2D eigenvalue weighted by molar-refractivity contribution is 6.17. The summed E-state index contributed by atoms with van der Waals surface area (Å²) < 4.78 is 0. The molecule has 106 valence electrons. The van der Waals surface area contributed by atoms with E-state index >= 15 is 0 Å². The van der Waals surface area contributed by atoms with Crippen molar-refractivity contribution in [3.8, 4) is 0 Å². The summed E-state index contributed by atoms with van der Waals surface area (Å²) in [6, 6.07) is 14.5. The molecule has 2 rings (SSSR count). The van der Waals surface area contributed by atoms with Gasteiger partial charge in [0.15, 0.2) is 0 Å². The van der Waals surface area contributed by atoms with Gasteiger partial charge in [0.25, 0.3) is 0 Å². The van der Waals surface area contributed by atoms with Crippen LogP contribution in [0.1, 0.15) is 25.3 Å². The first kappa shape index (κ1) is 14.9. The van der Waals surface area contributed by atoms with Gasteiger partial charge in [0.2, 0.25) is 5.91 Å². The van der Waals surface area contributed by atoms with Crippen LogP contribution in [-0.2, 0) is 11.2 Å². The Balaban J connectivity index is 1.95. The third-order valence-electron chi connectivity index (χ3n) is 3.36. The average Bonchev–Trinajstić information content (AvgIpc) is 2.44. The van der Waals surface area contributed by atoms with Gasteiger partial charge < -0.3 is 5.32 Å². The first-order valence-corrected chi connectivity index (χ1v) is 7.55. The van der Waals surface area contributed by atoms with Crippen LogP contribution in [0.2, 0.25) is 0 Å². The van der Waals surface area contributed by atoms with Crippen molar-refractivity contribution in [2.45, 2.75) is 32.2 Å². The molecule has 0 aliphatic rings. The molecule has 3 heteroatoms. The number of fused-ring (bicyclic) bond motifs is 1. The lowest BCUT2D eigenvalue weighted by Gasteiger charge is -2.13. The Labute approximate surface area is 125 Å². The summed E-state index contributed by atoms with van der Waals surface area (Å²) >= 11 is 5.65. The maximum Gasteiger partial charge on any atom is 0.224 e. The Morgan fingerprint density at radius 1 is 1.20 bits per heavy atom. The van der Waals surface area contributed by atoms with Crippen molar-refractivity contribution in [2.75, 3.05) is 5.88 Å². The van der Waals surface area contributed by atoms with E-state index in [1.165, 1.54) is 10.8 Å². The molecule has 0 radical (unpaired) electrons. The molecule has 20 heavy (non-hydrogen) atoms. The second-order valence-electron chi connectivity index (χ2n) is 5.16. The molecule has 0 fully saturated rings. The molecule has 0 spiro atoms. The fraction of sp³-hybridized carbons (Fsp3) is 0.353. The normalized spacial score (nSPS) is 12.3. The molecule has 0 aliphatic carbocycles. The zero-order valence-electron chi connectivity index (χ0n) is 11.7. The van der Waals surface area contributed by atoms with E-state index in [4.69, 9.17) is 11.6 Å². The Bertz CT molecular complexity index is 582. The Morgan fingerprint density at radius 3 is 2.70 bits per heavy atom. The molecule has 2 nitrogen and oxygen atoms in total. The fourth-order valence-corrected chi connectivity index (χ4v) is 2.47. The minimum Gasteiger partial charge on any atom is -0.353 e. The van der Waals surface area contributed by atoms with E-state index in [1.54, 1.807) is 0 Å². The fourth-order valence-electron chi connectivity index (χ4n) is 2.32. The molecule has 0 bridgehead atoms. The lowest BCUT2D eigenvalue weighted by Crippen LogP contribution is -2.33. The largest absolute Gasteiger partial charge is 0.353 e. The number of rotatable bonds is 6. The van der Waals surface area contributed by atoms with Crippen molar-refractivity contribution in [1.29, 1.82) is 0 Å². The summed E-state index contributed by atoms with van der Waals surface area (Å²) in [5, 5.41) is 5.39. The van der Waals surface area contributed by atoms with Gasteiger partial charge in [-0.15, -0.1) is 11.6 Å². The number of carbonyl (C=O) groups excluding carboxylic acids is 1. The molecule has 0 heterocycles. The molecule has 0 aromatic heterocycles. The van der Waals surface area contributed by atoms with Gasteiger partial charge in [-0.1, -0.05) is 42.5 Å². The number of benzene rings is 2. The molecule has 2 aromatic carbocycles. The highest BCUT2D eigenvalue weighted by Gasteiger charge is 2.08. The van der Waals surface area contributed by atoms with E-state index in [1.807, 2.05) is 25.1 Å². The first-order valence-electron chi connectivity index (χ1n) is 7.02. The van der Waals surface area contributed by atoms with Crippen LogP contribution in [0.15, 0.2) is 42.5 Å². The Morgan fingerprint density at radius 2 is 1.95 bits per heavy atom. The number of hydrogen-bond acceptors (Lipinski definition) is 1. The number of amides is 1. The van der Waals surface area contributed by atoms with E-state index < -0.39 is 0 Å². The maximum absolute atomic E-state index is 12.0. The molecule has 1 unspecified atom stereocenters. The molecule has 0 aliphatic heterocycles. The minimum absolute atomic E-state index is 0.0716. The second-order valence-corrected chi connectivity index (χ2v) is 5.54. The van der Waals surface area contributed by atoms with Crippen molar-refractivity contribution in [3.05, 3.63) is 48.0 Å². The summed E-state index contributed by atoms with van der Waals surface area (Å²) in [4.78, 5) is 12.0. The Hall–Kier alpha value is -1.54. The van der Waals surface area contributed by atoms with E-state index in [0.717, 1.165) is 18.4 Å². The third-order valence-corrected chi connectivity index (χ3v) is 3.62. The van der Waals surface area contributed by atoms with Crippen molar-refractivity contribution in [2.24, 2.45) is 0 Å². The molecule has 1 amide bonds.